The average molecular weight is 546 g/mol. The minimum absolute atomic E-state index is 0.0687. The Kier molecular flexibility index (Phi) is 9.37. The molecule has 0 aliphatic carbocycles. The Labute approximate surface area is 198 Å². The molecule has 0 aromatic heterocycles. The maximum Gasteiger partial charge on any atom is 0.460 e. The van der Waals surface area contributed by atoms with Gasteiger partial charge in [-0.1, -0.05) is 0 Å². The van der Waals surface area contributed by atoms with Gasteiger partial charge in [0.1, 0.15) is 35.9 Å². The van der Waals surface area contributed by atoms with Gasteiger partial charge in [-0.15, -0.1) is 0 Å². The summed E-state index contributed by atoms with van der Waals surface area (Å²) in [4.78, 5) is 0. The second-order valence-electron chi connectivity index (χ2n) is 7.94. The lowest BCUT2D eigenvalue weighted by Gasteiger charge is -2.39. The summed E-state index contributed by atoms with van der Waals surface area (Å²) in [5.41, 5.74) is 0. The van der Waals surface area contributed by atoms with Crippen molar-refractivity contribution in [1.29, 1.82) is 0 Å². The molecule has 1 aromatic rings. The first-order chi connectivity index (χ1) is 16.5. The molecule has 4 N–H and O–H groups in total. The normalized spacial score (nSPS) is 26.1. The maximum absolute atomic E-state index is 13.5. The van der Waals surface area contributed by atoms with E-state index >= 15 is 0 Å². The molecule has 0 bridgehead atoms. The van der Waals surface area contributed by atoms with Gasteiger partial charge in [0, 0.05) is 6.42 Å². The van der Waals surface area contributed by atoms with Crippen molar-refractivity contribution in [2.45, 2.75) is 73.9 Å². The number of hydrogen-bond acceptors (Lipinski definition) is 7. The minimum atomic E-state index is -6.92. The average Bonchev–Trinajstić information content (AvgIpc) is 2.79. The van der Waals surface area contributed by atoms with Gasteiger partial charge in [-0.05, 0) is 37.1 Å². The lowest BCUT2D eigenvalue weighted by Crippen LogP contribution is -2.60. The first-order valence-corrected chi connectivity index (χ1v) is 10.4. The summed E-state index contributed by atoms with van der Waals surface area (Å²) in [6, 6.07) is 5.13. The monoisotopic (exact) mass is 546 g/mol. The van der Waals surface area contributed by atoms with Crippen LogP contribution in [0.1, 0.15) is 19.3 Å². The largest absolute Gasteiger partial charge is 0.494 e. The van der Waals surface area contributed by atoms with E-state index in [1.807, 2.05) is 0 Å². The molecule has 0 radical (unpaired) electrons. The van der Waals surface area contributed by atoms with Gasteiger partial charge < -0.3 is 34.6 Å². The maximum atomic E-state index is 13.5. The molecular weight excluding hydrogens is 523 g/mol. The third-order valence-electron chi connectivity index (χ3n) is 5.29. The summed E-state index contributed by atoms with van der Waals surface area (Å²) in [6.07, 6.45) is -17.6. The van der Waals surface area contributed by atoms with Crippen molar-refractivity contribution < 1.29 is 74.2 Å². The van der Waals surface area contributed by atoms with E-state index in [2.05, 4.69) is 0 Å². The Bertz CT molecular complexity index is 834. The topological polar surface area (TPSA) is 109 Å². The van der Waals surface area contributed by atoms with Crippen LogP contribution in [0.3, 0.4) is 0 Å². The molecule has 1 saturated heterocycles. The van der Waals surface area contributed by atoms with Gasteiger partial charge in [-0.2, -0.15) is 39.5 Å². The molecule has 1 aliphatic heterocycles. The van der Waals surface area contributed by atoms with E-state index in [1.165, 1.54) is 24.3 Å². The Morgan fingerprint density at radius 3 is 1.83 bits per heavy atom. The zero-order valence-corrected chi connectivity index (χ0v) is 18.1. The Morgan fingerprint density at radius 2 is 1.31 bits per heavy atom. The number of rotatable bonds is 11. The van der Waals surface area contributed by atoms with E-state index in [4.69, 9.17) is 19.3 Å². The highest BCUT2D eigenvalue weighted by Crippen LogP contribution is 2.54. The number of aliphatic hydroxyl groups excluding tert-OH is 4. The molecule has 208 valence electrons. The lowest BCUT2D eigenvalue weighted by molar-refractivity contribution is -0.396. The van der Waals surface area contributed by atoms with E-state index in [-0.39, 0.29) is 24.5 Å². The first kappa shape index (κ1) is 30.2. The summed E-state index contributed by atoms with van der Waals surface area (Å²) in [7, 11) is 0. The Hall–Kier alpha value is -2.01. The predicted octanol–water partition coefficient (Wildman–Crippen LogP) is 2.88. The van der Waals surface area contributed by atoms with Crippen LogP contribution in [-0.4, -0.2) is 88.3 Å². The molecule has 2 rings (SSSR count). The number of alkyl halides is 9. The minimum Gasteiger partial charge on any atom is -0.494 e. The Morgan fingerprint density at radius 1 is 0.750 bits per heavy atom. The van der Waals surface area contributed by atoms with Crippen LogP contribution in [0, 0.1) is 0 Å². The molecular formula is C20H23F9O7. The van der Waals surface area contributed by atoms with Crippen LogP contribution >= 0.6 is 0 Å². The van der Waals surface area contributed by atoms with Crippen LogP contribution in [0.15, 0.2) is 24.3 Å². The molecule has 1 fully saturated rings. The zero-order valence-electron chi connectivity index (χ0n) is 18.1. The van der Waals surface area contributed by atoms with Gasteiger partial charge in [0.25, 0.3) is 0 Å². The summed E-state index contributed by atoms with van der Waals surface area (Å²) < 4.78 is 131. The van der Waals surface area contributed by atoms with E-state index in [0.29, 0.717) is 0 Å². The van der Waals surface area contributed by atoms with Crippen molar-refractivity contribution in [3.63, 3.8) is 0 Å². The third-order valence-corrected chi connectivity index (χ3v) is 5.29. The van der Waals surface area contributed by atoms with E-state index in [1.54, 1.807) is 0 Å². The molecule has 0 amide bonds. The van der Waals surface area contributed by atoms with Crippen LogP contribution in [0.4, 0.5) is 39.5 Å². The molecule has 0 unspecified atom stereocenters. The molecule has 1 heterocycles. The van der Waals surface area contributed by atoms with Crippen molar-refractivity contribution in [3.8, 4) is 11.5 Å². The predicted molar refractivity (Wildman–Crippen MR) is 101 cm³/mol. The fourth-order valence-electron chi connectivity index (χ4n) is 3.12. The van der Waals surface area contributed by atoms with Crippen molar-refractivity contribution in [3.05, 3.63) is 24.3 Å². The SMILES string of the molecule is OC[C@H]1O[C@@H](Oc2ccc(OCCCCC(F)(F)C(F)(F)C(F)(F)C(F)(F)F)cc2)[C@H](O)[C@@H](O)[C@@H]1O. The number of hydrogen-bond donors (Lipinski definition) is 4. The van der Waals surface area contributed by atoms with Crippen LogP contribution in [-0.2, 0) is 4.74 Å². The Balaban J connectivity index is 1.83. The summed E-state index contributed by atoms with van der Waals surface area (Å²) >= 11 is 0. The lowest BCUT2D eigenvalue weighted by atomic mass is 9.99. The van der Waals surface area contributed by atoms with Crippen LogP contribution in [0.5, 0.6) is 11.5 Å². The second-order valence-corrected chi connectivity index (χ2v) is 7.94. The summed E-state index contributed by atoms with van der Waals surface area (Å²) in [5.74, 6) is -19.0. The standard InChI is InChI=1S/C20H23F9O7/c21-17(22,18(23,24)19(25,26)20(27,28)29)7-1-2-8-34-10-3-5-11(6-4-10)35-16-15(33)14(32)13(31)12(9-30)36-16/h3-6,12-16,30-33H,1-2,7-9H2/t12-,13-,14+,15-,16-/m1/s1. The number of unbranched alkanes of at least 4 members (excludes halogenated alkanes) is 1. The molecule has 0 spiro atoms. The van der Waals surface area contributed by atoms with Crippen LogP contribution in [0.25, 0.3) is 0 Å². The molecule has 1 aliphatic rings. The van der Waals surface area contributed by atoms with Gasteiger partial charge in [0.2, 0.25) is 6.29 Å². The zero-order chi connectivity index (χ0) is 27.5. The fourth-order valence-corrected chi connectivity index (χ4v) is 3.12. The van der Waals surface area contributed by atoms with Crippen LogP contribution in [0.2, 0.25) is 0 Å². The highest BCUT2D eigenvalue weighted by molar-refractivity contribution is 5.31. The highest BCUT2D eigenvalue weighted by atomic mass is 19.4. The van der Waals surface area contributed by atoms with Crippen molar-refractivity contribution in [2.24, 2.45) is 0 Å². The van der Waals surface area contributed by atoms with E-state index in [9.17, 15) is 54.8 Å². The van der Waals surface area contributed by atoms with Crippen molar-refractivity contribution in [1.82, 2.24) is 0 Å². The summed E-state index contributed by atoms with van der Waals surface area (Å²) in [6.45, 7) is -1.05. The molecule has 36 heavy (non-hydrogen) atoms. The quantitative estimate of drug-likeness (QED) is 0.250. The van der Waals surface area contributed by atoms with Crippen molar-refractivity contribution >= 4 is 0 Å². The smallest absolute Gasteiger partial charge is 0.460 e. The fraction of sp³-hybridized carbons (Fsp3) is 0.700. The molecule has 7 nitrogen and oxygen atoms in total. The molecule has 5 atom stereocenters. The van der Waals surface area contributed by atoms with Gasteiger partial charge in [0.15, 0.2) is 0 Å². The third kappa shape index (κ3) is 6.27. The first-order valence-electron chi connectivity index (χ1n) is 10.4. The van der Waals surface area contributed by atoms with Gasteiger partial charge >= 0.3 is 23.9 Å². The number of halogens is 9. The number of aliphatic hydroxyl groups is 4. The highest BCUT2D eigenvalue weighted by Gasteiger charge is 2.81. The van der Waals surface area contributed by atoms with Gasteiger partial charge in [-0.25, -0.2) is 0 Å². The summed E-state index contributed by atoms with van der Waals surface area (Å²) in [5, 5.41) is 38.5. The number of benzene rings is 1. The van der Waals surface area contributed by atoms with Crippen LogP contribution < -0.4 is 9.47 Å². The van der Waals surface area contributed by atoms with E-state index in [0.717, 1.165) is 0 Å². The van der Waals surface area contributed by atoms with Crippen molar-refractivity contribution in [2.75, 3.05) is 13.2 Å². The molecule has 1 aromatic carbocycles. The molecule has 16 heteroatoms. The van der Waals surface area contributed by atoms with Gasteiger partial charge in [0.05, 0.1) is 13.2 Å². The second kappa shape index (κ2) is 11.2. The van der Waals surface area contributed by atoms with Gasteiger partial charge in [-0.3, -0.25) is 0 Å². The number of ether oxygens (including phenoxy) is 3. The van der Waals surface area contributed by atoms with E-state index < -0.39 is 74.1 Å². The molecule has 0 saturated carbocycles.